The van der Waals surface area contributed by atoms with Crippen LogP contribution in [-0.2, 0) is 6.18 Å². The first kappa shape index (κ1) is 13.5. The summed E-state index contributed by atoms with van der Waals surface area (Å²) in [6.07, 6.45) is -2.74. The predicted molar refractivity (Wildman–Crippen MR) is 58.2 cm³/mol. The van der Waals surface area contributed by atoms with Gasteiger partial charge in [-0.3, -0.25) is 5.43 Å². The van der Waals surface area contributed by atoms with Gasteiger partial charge < -0.3 is 5.32 Å². The number of nitrogen functional groups attached to an aromatic ring is 1. The van der Waals surface area contributed by atoms with Crippen molar-refractivity contribution in [1.29, 1.82) is 0 Å². The van der Waals surface area contributed by atoms with Crippen molar-refractivity contribution >= 4 is 11.8 Å². The van der Waals surface area contributed by atoms with Gasteiger partial charge in [0.15, 0.2) is 5.69 Å². The Bertz CT molecular complexity index is 366. The van der Waals surface area contributed by atoms with E-state index in [1.54, 1.807) is 0 Å². The van der Waals surface area contributed by atoms with Crippen molar-refractivity contribution in [3.8, 4) is 0 Å². The minimum atomic E-state index is -4.52. The number of aromatic nitrogens is 2. The van der Waals surface area contributed by atoms with Gasteiger partial charge in [-0.15, -0.1) is 0 Å². The lowest BCUT2D eigenvalue weighted by atomic mass is 10.3. The van der Waals surface area contributed by atoms with Crippen LogP contribution >= 0.6 is 0 Å². The number of nitrogens with two attached hydrogens (primary N) is 1. The van der Waals surface area contributed by atoms with Crippen LogP contribution in [0.4, 0.5) is 24.9 Å². The molecule has 0 amide bonds. The maximum atomic E-state index is 12.5. The van der Waals surface area contributed by atoms with Gasteiger partial charge in [-0.1, -0.05) is 13.3 Å². The van der Waals surface area contributed by atoms with Gasteiger partial charge in [-0.2, -0.15) is 18.2 Å². The molecular formula is C9H14F3N5. The first-order chi connectivity index (χ1) is 7.97. The van der Waals surface area contributed by atoms with Crippen LogP contribution in [0.15, 0.2) is 6.07 Å². The van der Waals surface area contributed by atoms with Crippen molar-refractivity contribution in [2.75, 3.05) is 17.3 Å². The topological polar surface area (TPSA) is 75.9 Å². The Kier molecular flexibility index (Phi) is 4.50. The molecule has 1 aromatic heterocycles. The lowest BCUT2D eigenvalue weighted by Gasteiger charge is -2.11. The molecule has 17 heavy (non-hydrogen) atoms. The lowest BCUT2D eigenvalue weighted by molar-refractivity contribution is -0.141. The number of alkyl halides is 3. The van der Waals surface area contributed by atoms with E-state index >= 15 is 0 Å². The number of rotatable bonds is 5. The number of unbranched alkanes of at least 4 members (excludes halogenated alkanes) is 1. The Hall–Kier alpha value is -1.57. The molecule has 1 heterocycles. The van der Waals surface area contributed by atoms with Gasteiger partial charge in [0.1, 0.15) is 5.82 Å². The van der Waals surface area contributed by atoms with E-state index in [0.29, 0.717) is 6.54 Å². The van der Waals surface area contributed by atoms with Crippen molar-refractivity contribution in [2.45, 2.75) is 25.9 Å². The second kappa shape index (κ2) is 5.67. The van der Waals surface area contributed by atoms with Gasteiger partial charge in [-0.05, 0) is 6.42 Å². The zero-order valence-corrected chi connectivity index (χ0v) is 9.30. The van der Waals surface area contributed by atoms with Crippen LogP contribution in [-0.4, -0.2) is 16.5 Å². The molecule has 0 atom stereocenters. The van der Waals surface area contributed by atoms with E-state index < -0.39 is 11.9 Å². The van der Waals surface area contributed by atoms with Crippen molar-refractivity contribution < 1.29 is 13.2 Å². The standard InChI is InChI=1S/C9H14F3N5/c1-2-3-4-14-7-5-6(9(10,11)12)15-8(16-7)17-13/h5H,2-4,13H2,1H3,(H2,14,15,16,17). The van der Waals surface area contributed by atoms with E-state index in [1.165, 1.54) is 0 Å². The van der Waals surface area contributed by atoms with Crippen LogP contribution in [0.1, 0.15) is 25.5 Å². The number of anilines is 2. The molecule has 8 heteroatoms. The maximum Gasteiger partial charge on any atom is 0.433 e. The summed E-state index contributed by atoms with van der Waals surface area (Å²) >= 11 is 0. The molecule has 4 N–H and O–H groups in total. The number of nitrogens with zero attached hydrogens (tertiary/aromatic N) is 2. The zero-order chi connectivity index (χ0) is 12.9. The third-order valence-electron chi connectivity index (χ3n) is 1.98. The molecule has 0 unspecified atom stereocenters. The van der Waals surface area contributed by atoms with Gasteiger partial charge in [0.05, 0.1) is 0 Å². The van der Waals surface area contributed by atoms with Gasteiger partial charge in [0.2, 0.25) is 5.95 Å². The van der Waals surface area contributed by atoms with Crippen LogP contribution in [0.3, 0.4) is 0 Å². The van der Waals surface area contributed by atoms with Crippen molar-refractivity contribution in [1.82, 2.24) is 9.97 Å². The summed E-state index contributed by atoms with van der Waals surface area (Å²) in [5.74, 6) is 4.86. The third-order valence-corrected chi connectivity index (χ3v) is 1.98. The molecule has 0 bridgehead atoms. The largest absolute Gasteiger partial charge is 0.433 e. The van der Waals surface area contributed by atoms with Crippen LogP contribution in [0.2, 0.25) is 0 Å². The molecule has 0 aliphatic carbocycles. The first-order valence-electron chi connectivity index (χ1n) is 5.14. The minimum Gasteiger partial charge on any atom is -0.370 e. The van der Waals surface area contributed by atoms with E-state index in [2.05, 4.69) is 15.3 Å². The minimum absolute atomic E-state index is 0.105. The van der Waals surface area contributed by atoms with E-state index in [-0.39, 0.29) is 11.8 Å². The number of halogens is 3. The van der Waals surface area contributed by atoms with Crippen LogP contribution < -0.4 is 16.6 Å². The number of hydrogen-bond donors (Lipinski definition) is 3. The van der Waals surface area contributed by atoms with Gasteiger partial charge in [-0.25, -0.2) is 10.8 Å². The Balaban J connectivity index is 2.89. The highest BCUT2D eigenvalue weighted by Gasteiger charge is 2.33. The summed E-state index contributed by atoms with van der Waals surface area (Å²) in [5, 5.41) is 2.79. The van der Waals surface area contributed by atoms with Gasteiger partial charge in [0, 0.05) is 12.6 Å². The fourth-order valence-corrected chi connectivity index (χ4v) is 1.14. The molecule has 0 saturated carbocycles. The van der Waals surface area contributed by atoms with Crippen molar-refractivity contribution in [3.63, 3.8) is 0 Å². The smallest absolute Gasteiger partial charge is 0.370 e. The third kappa shape index (κ3) is 4.06. The molecule has 1 rings (SSSR count). The fourth-order valence-electron chi connectivity index (χ4n) is 1.14. The van der Waals surface area contributed by atoms with Gasteiger partial charge >= 0.3 is 6.18 Å². The Morgan fingerprint density at radius 2 is 2.06 bits per heavy atom. The monoisotopic (exact) mass is 249 g/mol. The molecule has 0 spiro atoms. The number of hydrazine groups is 1. The summed E-state index contributed by atoms with van der Waals surface area (Å²) in [6, 6.07) is 0.858. The summed E-state index contributed by atoms with van der Waals surface area (Å²) in [5.41, 5.74) is 0.980. The summed E-state index contributed by atoms with van der Waals surface area (Å²) in [7, 11) is 0. The summed E-state index contributed by atoms with van der Waals surface area (Å²) < 4.78 is 37.5. The highest BCUT2D eigenvalue weighted by Crippen LogP contribution is 2.29. The van der Waals surface area contributed by atoms with Crippen LogP contribution in [0.25, 0.3) is 0 Å². The molecule has 0 fully saturated rings. The predicted octanol–water partition coefficient (Wildman–Crippen LogP) is 1.99. The van der Waals surface area contributed by atoms with Crippen LogP contribution in [0.5, 0.6) is 0 Å². The lowest BCUT2D eigenvalue weighted by Crippen LogP contribution is -2.17. The van der Waals surface area contributed by atoms with E-state index in [9.17, 15) is 13.2 Å². The van der Waals surface area contributed by atoms with E-state index in [4.69, 9.17) is 5.84 Å². The van der Waals surface area contributed by atoms with E-state index in [1.807, 2.05) is 12.3 Å². The second-order valence-electron chi connectivity index (χ2n) is 3.38. The van der Waals surface area contributed by atoms with E-state index in [0.717, 1.165) is 18.9 Å². The van der Waals surface area contributed by atoms with Crippen molar-refractivity contribution in [2.24, 2.45) is 5.84 Å². The summed E-state index contributed by atoms with van der Waals surface area (Å²) in [6.45, 7) is 2.53. The number of nitrogens with one attached hydrogen (secondary N) is 2. The average Bonchev–Trinajstić information content (AvgIpc) is 2.28. The SMILES string of the molecule is CCCCNc1cc(C(F)(F)F)nc(NN)n1. The Morgan fingerprint density at radius 1 is 1.35 bits per heavy atom. The quantitative estimate of drug-likeness (QED) is 0.422. The Morgan fingerprint density at radius 3 is 2.59 bits per heavy atom. The first-order valence-corrected chi connectivity index (χ1v) is 5.14. The molecular weight excluding hydrogens is 235 g/mol. The Labute approximate surface area is 96.6 Å². The molecule has 5 nitrogen and oxygen atoms in total. The van der Waals surface area contributed by atoms with Gasteiger partial charge in [0.25, 0.3) is 0 Å². The molecule has 0 aromatic carbocycles. The highest BCUT2D eigenvalue weighted by atomic mass is 19.4. The number of hydrogen-bond acceptors (Lipinski definition) is 5. The second-order valence-corrected chi connectivity index (χ2v) is 3.38. The fraction of sp³-hybridized carbons (Fsp3) is 0.556. The molecule has 96 valence electrons. The maximum absolute atomic E-state index is 12.5. The summed E-state index contributed by atoms with van der Waals surface area (Å²) in [4.78, 5) is 7.02. The molecule has 1 aromatic rings. The zero-order valence-electron chi connectivity index (χ0n) is 9.30. The average molecular weight is 249 g/mol. The normalized spacial score (nSPS) is 11.4. The molecule has 0 radical (unpaired) electrons. The highest BCUT2D eigenvalue weighted by molar-refractivity contribution is 5.42. The van der Waals surface area contributed by atoms with Crippen molar-refractivity contribution in [3.05, 3.63) is 11.8 Å². The molecule has 0 saturated heterocycles. The molecule has 0 aliphatic heterocycles. The van der Waals surface area contributed by atoms with Crippen LogP contribution in [0, 0.1) is 0 Å². The molecule has 0 aliphatic rings.